The maximum atomic E-state index is 7.05. The molecule has 0 bridgehead atoms. The number of hydrogen-bond donors (Lipinski definition) is 0. The second-order valence-corrected chi connectivity index (χ2v) is 17.5. The molecule has 0 N–H and O–H groups in total. The molecule has 0 spiro atoms. The van der Waals surface area contributed by atoms with E-state index in [9.17, 15) is 0 Å². The lowest BCUT2D eigenvalue weighted by molar-refractivity contribution is 0.666. The maximum Gasteiger partial charge on any atom is 0.164 e. The third kappa shape index (κ3) is 6.30. The Morgan fingerprint density at radius 1 is 0.290 bits per heavy atom. The molecule has 6 heteroatoms. The standard InChI is InChI=1S/C63H38N4O2/c1-4-17-39(18-5-1)42-31-36-54-52(38-42)46-25-10-13-28-53(46)67(54)58-48(33-35-49-47-26-11-14-29-55(47)69-60(49)58)50-34-32-45(57-51-27-12-15-30-56(51)68-59(50)57)43-23-16-24-44(37-43)63-65-61(40-19-6-2-7-20-40)64-62(66-63)41-21-8-3-9-22-41/h1-38H. The molecule has 0 radical (unpaired) electrons. The van der Waals surface area contributed by atoms with E-state index in [-0.39, 0.29) is 0 Å². The van der Waals surface area contributed by atoms with Crippen LogP contribution in [0.5, 0.6) is 0 Å². The Hall–Kier alpha value is -9.39. The van der Waals surface area contributed by atoms with E-state index in [1.165, 1.54) is 21.9 Å². The minimum Gasteiger partial charge on any atom is -0.455 e. The van der Waals surface area contributed by atoms with Gasteiger partial charge in [-0.15, -0.1) is 0 Å². The fourth-order valence-corrected chi connectivity index (χ4v) is 10.3. The average Bonchev–Trinajstić information content (AvgIpc) is 4.11. The van der Waals surface area contributed by atoms with Crippen molar-refractivity contribution in [1.82, 2.24) is 19.5 Å². The molecule has 4 heterocycles. The molecule has 4 aromatic heterocycles. The van der Waals surface area contributed by atoms with Gasteiger partial charge in [0.1, 0.15) is 16.7 Å². The lowest BCUT2D eigenvalue weighted by Crippen LogP contribution is -2.00. The molecule has 0 aliphatic rings. The second-order valence-electron chi connectivity index (χ2n) is 17.5. The van der Waals surface area contributed by atoms with Gasteiger partial charge in [-0.25, -0.2) is 15.0 Å². The zero-order valence-electron chi connectivity index (χ0n) is 37.0. The maximum absolute atomic E-state index is 7.05. The number of hydrogen-bond acceptors (Lipinski definition) is 5. The van der Waals surface area contributed by atoms with E-state index < -0.39 is 0 Å². The van der Waals surface area contributed by atoms with Crippen LogP contribution in [0, 0.1) is 0 Å². The molecule has 0 amide bonds. The van der Waals surface area contributed by atoms with Crippen LogP contribution in [-0.4, -0.2) is 19.5 Å². The Balaban J connectivity index is 1.01. The van der Waals surface area contributed by atoms with Crippen molar-refractivity contribution in [3.63, 3.8) is 0 Å². The molecule has 0 saturated carbocycles. The number of para-hydroxylation sites is 3. The van der Waals surface area contributed by atoms with Crippen molar-refractivity contribution < 1.29 is 8.83 Å². The van der Waals surface area contributed by atoms with Crippen molar-refractivity contribution in [2.45, 2.75) is 0 Å². The van der Waals surface area contributed by atoms with Crippen LogP contribution in [0.3, 0.4) is 0 Å². The molecule has 6 nitrogen and oxygen atoms in total. The zero-order valence-corrected chi connectivity index (χ0v) is 37.0. The Bertz CT molecular complexity index is 4250. The molecule has 0 unspecified atom stereocenters. The highest BCUT2D eigenvalue weighted by atomic mass is 16.3. The Morgan fingerprint density at radius 2 is 0.812 bits per heavy atom. The first kappa shape index (κ1) is 38.8. The number of rotatable bonds is 7. The van der Waals surface area contributed by atoms with Crippen molar-refractivity contribution in [1.29, 1.82) is 0 Å². The van der Waals surface area contributed by atoms with E-state index in [1.807, 2.05) is 72.8 Å². The molecule has 10 aromatic carbocycles. The van der Waals surface area contributed by atoms with Crippen molar-refractivity contribution in [3.8, 4) is 73.2 Å². The third-order valence-corrected chi connectivity index (χ3v) is 13.5. The number of furan rings is 2. The van der Waals surface area contributed by atoms with Crippen LogP contribution in [-0.2, 0) is 0 Å². The van der Waals surface area contributed by atoms with Gasteiger partial charge in [-0.1, -0.05) is 182 Å². The number of benzene rings is 10. The van der Waals surface area contributed by atoms with Gasteiger partial charge in [-0.2, -0.15) is 0 Å². The summed E-state index contributed by atoms with van der Waals surface area (Å²) >= 11 is 0. The monoisotopic (exact) mass is 882 g/mol. The largest absolute Gasteiger partial charge is 0.455 e. The smallest absolute Gasteiger partial charge is 0.164 e. The Morgan fingerprint density at radius 3 is 1.54 bits per heavy atom. The molecule has 0 aliphatic carbocycles. The molecule has 69 heavy (non-hydrogen) atoms. The first-order valence-corrected chi connectivity index (χ1v) is 23.2. The second kappa shape index (κ2) is 15.6. The van der Waals surface area contributed by atoms with Crippen LogP contribution in [0.4, 0.5) is 0 Å². The topological polar surface area (TPSA) is 69.9 Å². The van der Waals surface area contributed by atoms with Crippen LogP contribution in [0.2, 0.25) is 0 Å². The molecule has 0 aliphatic heterocycles. The van der Waals surface area contributed by atoms with Gasteiger partial charge in [0.2, 0.25) is 0 Å². The summed E-state index contributed by atoms with van der Waals surface area (Å²) < 4.78 is 16.4. The van der Waals surface area contributed by atoms with E-state index in [0.717, 1.165) is 99.5 Å². The van der Waals surface area contributed by atoms with Crippen LogP contribution in [0.1, 0.15) is 0 Å². The fourth-order valence-electron chi connectivity index (χ4n) is 10.3. The summed E-state index contributed by atoms with van der Waals surface area (Å²) in [7, 11) is 0. The average molecular weight is 883 g/mol. The normalized spacial score (nSPS) is 11.8. The summed E-state index contributed by atoms with van der Waals surface area (Å²) in [6, 6.07) is 80.3. The molecule has 322 valence electrons. The van der Waals surface area contributed by atoms with Crippen LogP contribution < -0.4 is 0 Å². The SMILES string of the molecule is c1ccc(-c2ccc3c(c2)c2ccccc2n3-c2c(-c3ccc(-c4cccc(-c5nc(-c6ccccc6)nc(-c6ccccc6)n5)c4)c4c3oc3ccccc34)ccc3c2oc2ccccc23)cc1. The van der Waals surface area contributed by atoms with E-state index in [2.05, 4.69) is 162 Å². The minimum atomic E-state index is 0.598. The van der Waals surface area contributed by atoms with E-state index in [0.29, 0.717) is 17.5 Å². The molecular weight excluding hydrogens is 845 g/mol. The predicted octanol–water partition coefficient (Wildman–Crippen LogP) is 16.8. The fraction of sp³-hybridized carbons (Fsp3) is 0. The summed E-state index contributed by atoms with van der Waals surface area (Å²) in [6.07, 6.45) is 0. The van der Waals surface area contributed by atoms with Gasteiger partial charge in [-0.05, 0) is 70.8 Å². The Labute approximate surface area is 396 Å². The van der Waals surface area contributed by atoms with E-state index in [4.69, 9.17) is 23.8 Å². The summed E-state index contributed by atoms with van der Waals surface area (Å²) in [5, 5.41) is 6.51. The summed E-state index contributed by atoms with van der Waals surface area (Å²) in [5.74, 6) is 1.84. The van der Waals surface area contributed by atoms with Crippen LogP contribution in [0.25, 0.3) is 139 Å². The number of fused-ring (bicyclic) bond motifs is 9. The summed E-state index contributed by atoms with van der Waals surface area (Å²) in [4.78, 5) is 15.1. The first-order valence-electron chi connectivity index (χ1n) is 23.2. The van der Waals surface area contributed by atoms with Gasteiger partial charge >= 0.3 is 0 Å². The Kier molecular flexibility index (Phi) is 8.79. The highest BCUT2D eigenvalue weighted by Crippen LogP contribution is 2.48. The number of nitrogens with zero attached hydrogens (tertiary/aromatic N) is 4. The molecule has 0 fully saturated rings. The van der Waals surface area contributed by atoms with Crippen molar-refractivity contribution in [2.24, 2.45) is 0 Å². The van der Waals surface area contributed by atoms with Crippen molar-refractivity contribution >= 4 is 65.7 Å². The highest BCUT2D eigenvalue weighted by molar-refractivity contribution is 6.20. The van der Waals surface area contributed by atoms with Crippen molar-refractivity contribution in [2.75, 3.05) is 0 Å². The van der Waals surface area contributed by atoms with E-state index in [1.54, 1.807) is 0 Å². The van der Waals surface area contributed by atoms with Crippen LogP contribution >= 0.6 is 0 Å². The third-order valence-electron chi connectivity index (χ3n) is 13.5. The predicted molar refractivity (Wildman–Crippen MR) is 281 cm³/mol. The van der Waals surface area contributed by atoms with Crippen molar-refractivity contribution in [3.05, 3.63) is 231 Å². The molecule has 0 saturated heterocycles. The zero-order chi connectivity index (χ0) is 45.4. The van der Waals surface area contributed by atoms with Crippen LogP contribution in [0.15, 0.2) is 239 Å². The highest BCUT2D eigenvalue weighted by Gasteiger charge is 2.26. The molecule has 14 rings (SSSR count). The molecule has 14 aromatic rings. The van der Waals surface area contributed by atoms with Gasteiger partial charge in [0.25, 0.3) is 0 Å². The minimum absolute atomic E-state index is 0.598. The molecule has 0 atom stereocenters. The van der Waals surface area contributed by atoms with Gasteiger partial charge in [-0.3, -0.25) is 0 Å². The van der Waals surface area contributed by atoms with Gasteiger partial charge in [0, 0.05) is 60.1 Å². The molecular formula is C63H38N4O2. The number of aromatic nitrogens is 4. The van der Waals surface area contributed by atoms with Gasteiger partial charge < -0.3 is 13.4 Å². The quantitative estimate of drug-likeness (QED) is 0.159. The summed E-state index contributed by atoms with van der Waals surface area (Å²) in [5.41, 5.74) is 15.5. The lowest BCUT2D eigenvalue weighted by Gasteiger charge is -2.16. The lowest BCUT2D eigenvalue weighted by atomic mass is 9.92. The van der Waals surface area contributed by atoms with Gasteiger partial charge in [0.05, 0.1) is 16.7 Å². The summed E-state index contributed by atoms with van der Waals surface area (Å²) in [6.45, 7) is 0. The van der Waals surface area contributed by atoms with Gasteiger partial charge in [0.15, 0.2) is 23.1 Å². The van der Waals surface area contributed by atoms with E-state index >= 15 is 0 Å². The first-order chi connectivity index (χ1) is 34.2.